The molecule has 0 aliphatic rings. The molecule has 3 rings (SSSR count). The van der Waals surface area contributed by atoms with Gasteiger partial charge in [-0.15, -0.1) is 11.3 Å². The third kappa shape index (κ3) is 3.52. The van der Waals surface area contributed by atoms with Crippen molar-refractivity contribution in [2.45, 2.75) is 6.92 Å². The molecule has 1 amide bonds. The summed E-state index contributed by atoms with van der Waals surface area (Å²) in [4.78, 5) is 21.5. The maximum absolute atomic E-state index is 12.1. The number of aromatic nitrogens is 2. The third-order valence-electron chi connectivity index (χ3n) is 3.13. The molecule has 0 unspecified atom stereocenters. The fourth-order valence-electron chi connectivity index (χ4n) is 2.03. The summed E-state index contributed by atoms with van der Waals surface area (Å²) in [5, 5.41) is 4.27. The van der Waals surface area contributed by atoms with Crippen LogP contribution in [0, 0.1) is 6.92 Å². The lowest BCUT2D eigenvalue weighted by atomic mass is 10.1. The van der Waals surface area contributed by atoms with Crippen molar-refractivity contribution in [3.05, 3.63) is 63.2 Å². The second-order valence-corrected chi connectivity index (χ2v) is 6.77. The highest BCUT2D eigenvalue weighted by Crippen LogP contribution is 2.33. The van der Waals surface area contributed by atoms with Gasteiger partial charge in [0.05, 0.1) is 21.3 Å². The number of carbonyl (C=O) groups excluding carboxylic acids is 1. The van der Waals surface area contributed by atoms with Crippen LogP contribution in [0.4, 0.5) is 5.13 Å². The quantitative estimate of drug-likeness (QED) is 0.706. The van der Waals surface area contributed by atoms with Gasteiger partial charge in [-0.3, -0.25) is 15.1 Å². The van der Waals surface area contributed by atoms with Crippen molar-refractivity contribution in [3.8, 4) is 11.3 Å². The fourth-order valence-corrected chi connectivity index (χ4v) is 3.16. The van der Waals surface area contributed by atoms with Gasteiger partial charge in [0.25, 0.3) is 5.91 Å². The van der Waals surface area contributed by atoms with E-state index in [0.29, 0.717) is 20.7 Å². The minimum atomic E-state index is -0.243. The molecule has 0 saturated heterocycles. The maximum atomic E-state index is 12.1. The number of rotatable bonds is 3. The number of amides is 1. The monoisotopic (exact) mass is 363 g/mol. The second kappa shape index (κ2) is 6.66. The lowest BCUT2D eigenvalue weighted by Gasteiger charge is -2.02. The molecule has 4 nitrogen and oxygen atoms in total. The minimum absolute atomic E-state index is 0.243. The van der Waals surface area contributed by atoms with Gasteiger partial charge in [-0.25, -0.2) is 4.98 Å². The number of anilines is 1. The molecule has 23 heavy (non-hydrogen) atoms. The number of carbonyl (C=O) groups is 1. The van der Waals surface area contributed by atoms with Gasteiger partial charge in [0.1, 0.15) is 0 Å². The minimum Gasteiger partial charge on any atom is -0.298 e. The van der Waals surface area contributed by atoms with E-state index in [4.69, 9.17) is 23.2 Å². The van der Waals surface area contributed by atoms with Crippen molar-refractivity contribution >= 4 is 45.6 Å². The summed E-state index contributed by atoms with van der Waals surface area (Å²) in [5.74, 6) is -0.243. The van der Waals surface area contributed by atoms with Crippen LogP contribution in [0.5, 0.6) is 0 Å². The first-order chi connectivity index (χ1) is 11.0. The van der Waals surface area contributed by atoms with E-state index in [0.717, 1.165) is 16.1 Å². The molecule has 1 N–H and O–H groups in total. The molecule has 0 fully saturated rings. The van der Waals surface area contributed by atoms with Gasteiger partial charge >= 0.3 is 0 Å². The Kier molecular flexibility index (Phi) is 4.61. The Morgan fingerprint density at radius 3 is 2.74 bits per heavy atom. The van der Waals surface area contributed by atoms with E-state index in [-0.39, 0.29) is 5.91 Å². The van der Waals surface area contributed by atoms with Gasteiger partial charge in [-0.2, -0.15) is 0 Å². The summed E-state index contributed by atoms with van der Waals surface area (Å²) in [6, 6.07) is 8.75. The molecule has 1 aromatic carbocycles. The van der Waals surface area contributed by atoms with E-state index >= 15 is 0 Å². The normalized spacial score (nSPS) is 10.6. The standard InChI is InChI=1S/C16H11Cl2N3OS/c1-9-14(10-4-5-12(17)13(18)7-10)20-16(23-9)21-15(22)11-3-2-6-19-8-11/h2-8H,1H3,(H,20,21,22). The number of thiazole rings is 1. The van der Waals surface area contributed by atoms with E-state index in [2.05, 4.69) is 15.3 Å². The van der Waals surface area contributed by atoms with Crippen molar-refractivity contribution in [2.75, 3.05) is 5.32 Å². The predicted molar refractivity (Wildman–Crippen MR) is 94.5 cm³/mol. The van der Waals surface area contributed by atoms with Gasteiger partial charge in [0.2, 0.25) is 0 Å². The Balaban J connectivity index is 1.86. The molecule has 116 valence electrons. The first kappa shape index (κ1) is 15.9. The first-order valence-electron chi connectivity index (χ1n) is 6.69. The van der Waals surface area contributed by atoms with Crippen LogP contribution in [0.15, 0.2) is 42.7 Å². The second-order valence-electron chi connectivity index (χ2n) is 4.75. The zero-order chi connectivity index (χ0) is 16.4. The van der Waals surface area contributed by atoms with Crippen LogP contribution in [0.1, 0.15) is 15.2 Å². The summed E-state index contributed by atoms with van der Waals surface area (Å²) in [6.07, 6.45) is 3.13. The molecule has 0 saturated carbocycles. The van der Waals surface area contributed by atoms with Gasteiger partial charge in [-0.1, -0.05) is 29.3 Å². The van der Waals surface area contributed by atoms with Gasteiger partial charge < -0.3 is 0 Å². The zero-order valence-electron chi connectivity index (χ0n) is 12.0. The number of pyridine rings is 1. The Bertz CT molecular complexity index is 865. The smallest absolute Gasteiger partial charge is 0.259 e. The molecular weight excluding hydrogens is 353 g/mol. The summed E-state index contributed by atoms with van der Waals surface area (Å²) in [6.45, 7) is 1.94. The number of hydrogen-bond donors (Lipinski definition) is 1. The number of aryl methyl sites for hydroxylation is 1. The van der Waals surface area contributed by atoms with E-state index in [1.54, 1.807) is 30.5 Å². The van der Waals surface area contributed by atoms with Gasteiger partial charge in [0, 0.05) is 22.8 Å². The molecule has 0 atom stereocenters. The molecule has 0 radical (unpaired) electrons. The Labute approximate surface area is 147 Å². The zero-order valence-corrected chi connectivity index (χ0v) is 14.3. The Morgan fingerprint density at radius 2 is 2.04 bits per heavy atom. The highest BCUT2D eigenvalue weighted by atomic mass is 35.5. The van der Waals surface area contributed by atoms with Crippen LogP contribution in [-0.4, -0.2) is 15.9 Å². The number of benzene rings is 1. The lowest BCUT2D eigenvalue weighted by molar-refractivity contribution is 0.102. The topological polar surface area (TPSA) is 54.9 Å². The van der Waals surface area contributed by atoms with Crippen LogP contribution < -0.4 is 5.32 Å². The lowest BCUT2D eigenvalue weighted by Crippen LogP contribution is -2.11. The molecule has 0 aliphatic carbocycles. The number of hydrogen-bond acceptors (Lipinski definition) is 4. The maximum Gasteiger partial charge on any atom is 0.259 e. The molecule has 3 aromatic rings. The molecular formula is C16H11Cl2N3OS. The number of halogens is 2. The van der Waals surface area contributed by atoms with Crippen LogP contribution in [0.25, 0.3) is 11.3 Å². The largest absolute Gasteiger partial charge is 0.298 e. The summed E-state index contributed by atoms with van der Waals surface area (Å²) in [5.41, 5.74) is 2.11. The molecule has 2 heterocycles. The Morgan fingerprint density at radius 1 is 1.22 bits per heavy atom. The van der Waals surface area contributed by atoms with Crippen molar-refractivity contribution in [1.82, 2.24) is 9.97 Å². The van der Waals surface area contributed by atoms with Crippen LogP contribution >= 0.6 is 34.5 Å². The number of nitrogens with zero attached hydrogens (tertiary/aromatic N) is 2. The first-order valence-corrected chi connectivity index (χ1v) is 8.26. The highest BCUT2D eigenvalue weighted by molar-refractivity contribution is 7.16. The average molecular weight is 364 g/mol. The molecule has 0 aliphatic heterocycles. The SMILES string of the molecule is Cc1sc(NC(=O)c2cccnc2)nc1-c1ccc(Cl)c(Cl)c1. The fraction of sp³-hybridized carbons (Fsp3) is 0.0625. The number of nitrogens with one attached hydrogen (secondary N) is 1. The summed E-state index contributed by atoms with van der Waals surface area (Å²) >= 11 is 13.4. The molecule has 0 spiro atoms. The average Bonchev–Trinajstić information content (AvgIpc) is 2.91. The Hall–Kier alpha value is -1.95. The van der Waals surface area contributed by atoms with Gasteiger partial charge in [0.15, 0.2) is 5.13 Å². The highest BCUT2D eigenvalue weighted by Gasteiger charge is 2.14. The van der Waals surface area contributed by atoms with Crippen LogP contribution in [0.2, 0.25) is 10.0 Å². The van der Waals surface area contributed by atoms with Crippen molar-refractivity contribution in [2.24, 2.45) is 0 Å². The van der Waals surface area contributed by atoms with Crippen LogP contribution in [0.3, 0.4) is 0 Å². The predicted octanol–water partition coefficient (Wildman–Crippen LogP) is 5.07. The van der Waals surface area contributed by atoms with Crippen LogP contribution in [-0.2, 0) is 0 Å². The molecule has 7 heteroatoms. The van der Waals surface area contributed by atoms with E-state index in [9.17, 15) is 4.79 Å². The van der Waals surface area contributed by atoms with E-state index < -0.39 is 0 Å². The molecule has 0 bridgehead atoms. The van der Waals surface area contributed by atoms with E-state index in [1.165, 1.54) is 17.5 Å². The summed E-state index contributed by atoms with van der Waals surface area (Å²) in [7, 11) is 0. The molecule has 2 aromatic heterocycles. The van der Waals surface area contributed by atoms with Crippen molar-refractivity contribution in [1.29, 1.82) is 0 Å². The van der Waals surface area contributed by atoms with Crippen molar-refractivity contribution < 1.29 is 4.79 Å². The van der Waals surface area contributed by atoms with E-state index in [1.807, 2.05) is 13.0 Å². The third-order valence-corrected chi connectivity index (χ3v) is 4.76. The summed E-state index contributed by atoms with van der Waals surface area (Å²) < 4.78 is 0. The van der Waals surface area contributed by atoms with Gasteiger partial charge in [-0.05, 0) is 31.2 Å². The van der Waals surface area contributed by atoms with Crippen molar-refractivity contribution in [3.63, 3.8) is 0 Å².